The Kier molecular flexibility index (Phi) is 4.34. The van der Waals surface area contributed by atoms with Gasteiger partial charge in [-0.05, 0) is 24.4 Å². The summed E-state index contributed by atoms with van der Waals surface area (Å²) >= 11 is 5.98. The van der Waals surface area contributed by atoms with E-state index in [0.29, 0.717) is 16.8 Å². The Labute approximate surface area is 107 Å². The largest absolute Gasteiger partial charge is 0.361 e. The van der Waals surface area contributed by atoms with E-state index in [1.165, 1.54) is 0 Å². The maximum atomic E-state index is 5.98. The van der Waals surface area contributed by atoms with Crippen molar-refractivity contribution in [3.63, 3.8) is 0 Å². The zero-order valence-corrected chi connectivity index (χ0v) is 11.7. The number of rotatable bonds is 3. The van der Waals surface area contributed by atoms with Gasteiger partial charge in [0.25, 0.3) is 0 Å². The number of nitrogens with zero attached hydrogens (tertiary/aromatic N) is 3. The van der Waals surface area contributed by atoms with Crippen molar-refractivity contribution in [2.24, 2.45) is 4.99 Å². The number of hydrogen-bond acceptors (Lipinski definition) is 3. The van der Waals surface area contributed by atoms with Gasteiger partial charge < -0.3 is 9.42 Å². The van der Waals surface area contributed by atoms with Gasteiger partial charge in [0.05, 0.1) is 17.0 Å². The molecule has 0 unspecified atom stereocenters. The molecule has 1 rings (SSSR count). The fraction of sp³-hybridized carbons (Fsp3) is 0.500. The minimum absolute atomic E-state index is 0.257. The third kappa shape index (κ3) is 3.09. The van der Waals surface area contributed by atoms with Crippen LogP contribution in [0.1, 0.15) is 36.8 Å². The third-order valence-electron chi connectivity index (χ3n) is 2.32. The van der Waals surface area contributed by atoms with E-state index >= 15 is 0 Å². The number of hydrogen-bond donors (Lipinski definition) is 0. The van der Waals surface area contributed by atoms with E-state index in [9.17, 15) is 0 Å². The second-order valence-electron chi connectivity index (χ2n) is 4.38. The molecule has 94 valence electrons. The van der Waals surface area contributed by atoms with Gasteiger partial charge in [-0.3, -0.25) is 0 Å². The minimum Gasteiger partial charge on any atom is -0.361 e. The molecule has 1 heterocycles. The van der Waals surface area contributed by atoms with Crippen LogP contribution in [-0.4, -0.2) is 29.4 Å². The number of aromatic nitrogens is 1. The van der Waals surface area contributed by atoms with Crippen molar-refractivity contribution in [1.82, 2.24) is 10.1 Å². The molecule has 4 nitrogen and oxygen atoms in total. The Morgan fingerprint density at radius 1 is 1.47 bits per heavy atom. The monoisotopic (exact) mass is 255 g/mol. The second-order valence-corrected chi connectivity index (χ2v) is 4.71. The van der Waals surface area contributed by atoms with Crippen LogP contribution < -0.4 is 0 Å². The molecule has 0 spiro atoms. The Hall–Kier alpha value is -1.29. The van der Waals surface area contributed by atoms with Crippen LogP contribution in [0.15, 0.2) is 16.1 Å². The number of halogens is 1. The highest BCUT2D eigenvalue weighted by atomic mass is 35.5. The molecule has 0 saturated carbocycles. The maximum Gasteiger partial charge on any atom is 0.198 e. The third-order valence-corrected chi connectivity index (χ3v) is 2.74. The van der Waals surface area contributed by atoms with Crippen molar-refractivity contribution in [2.45, 2.75) is 26.7 Å². The van der Waals surface area contributed by atoms with Crippen molar-refractivity contribution >= 4 is 22.6 Å². The van der Waals surface area contributed by atoms with Crippen molar-refractivity contribution in [2.75, 3.05) is 14.1 Å². The SMILES string of the molecule is C=C(N=C(Cl)N(C)C)c1c(C(C)C)noc1C. The molecule has 1 aromatic rings. The summed E-state index contributed by atoms with van der Waals surface area (Å²) in [6, 6.07) is 0. The summed E-state index contributed by atoms with van der Waals surface area (Å²) in [6.45, 7) is 9.86. The minimum atomic E-state index is 0.257. The van der Waals surface area contributed by atoms with Gasteiger partial charge in [0.2, 0.25) is 0 Å². The summed E-state index contributed by atoms with van der Waals surface area (Å²) in [5.74, 6) is 0.971. The molecule has 0 aliphatic carbocycles. The van der Waals surface area contributed by atoms with Crippen molar-refractivity contribution in [1.29, 1.82) is 0 Å². The molecule has 0 aliphatic heterocycles. The van der Waals surface area contributed by atoms with E-state index in [1.807, 2.05) is 34.9 Å². The van der Waals surface area contributed by atoms with E-state index in [1.54, 1.807) is 4.90 Å². The lowest BCUT2D eigenvalue weighted by atomic mass is 10.0. The van der Waals surface area contributed by atoms with E-state index < -0.39 is 0 Å². The Morgan fingerprint density at radius 3 is 2.53 bits per heavy atom. The highest BCUT2D eigenvalue weighted by molar-refractivity contribution is 6.64. The number of aliphatic imine (C=N–C) groups is 1. The summed E-state index contributed by atoms with van der Waals surface area (Å²) in [7, 11) is 3.64. The lowest BCUT2D eigenvalue weighted by Gasteiger charge is -2.10. The van der Waals surface area contributed by atoms with E-state index in [0.717, 1.165) is 11.3 Å². The highest BCUT2D eigenvalue weighted by Gasteiger charge is 2.18. The normalized spacial score (nSPS) is 12.1. The molecule has 0 radical (unpaired) electrons. The number of amidine groups is 1. The molecule has 17 heavy (non-hydrogen) atoms. The predicted octanol–water partition coefficient (Wildman–Crippen LogP) is 3.23. The number of aryl methyl sites for hydroxylation is 1. The van der Waals surface area contributed by atoms with Gasteiger partial charge in [-0.2, -0.15) is 0 Å². The molecule has 5 heteroatoms. The van der Waals surface area contributed by atoms with Crippen LogP contribution in [-0.2, 0) is 0 Å². The Bertz CT molecular complexity index is 447. The summed E-state index contributed by atoms with van der Waals surface area (Å²) in [6.07, 6.45) is 0. The molecule has 0 bridgehead atoms. The first kappa shape index (κ1) is 13.8. The van der Waals surface area contributed by atoms with Gasteiger partial charge in [-0.15, -0.1) is 0 Å². The van der Waals surface area contributed by atoms with Crippen LogP contribution in [0.5, 0.6) is 0 Å². The van der Waals surface area contributed by atoms with Gasteiger partial charge in [0, 0.05) is 14.1 Å². The summed E-state index contributed by atoms with van der Waals surface area (Å²) < 4.78 is 5.18. The van der Waals surface area contributed by atoms with E-state index in [-0.39, 0.29) is 5.92 Å². The van der Waals surface area contributed by atoms with Crippen LogP contribution in [0.3, 0.4) is 0 Å². The van der Waals surface area contributed by atoms with Crippen molar-refractivity contribution in [3.8, 4) is 0 Å². The van der Waals surface area contributed by atoms with Crippen LogP contribution in [0.4, 0.5) is 0 Å². The summed E-state index contributed by atoms with van der Waals surface area (Å²) in [5.41, 5.74) is 2.28. The first-order valence-corrected chi connectivity index (χ1v) is 5.79. The van der Waals surface area contributed by atoms with E-state index in [2.05, 4.69) is 16.7 Å². The first-order valence-electron chi connectivity index (χ1n) is 5.41. The maximum absolute atomic E-state index is 5.98. The molecule has 0 atom stereocenters. The lowest BCUT2D eigenvalue weighted by Crippen LogP contribution is -2.16. The first-order chi connectivity index (χ1) is 7.84. The fourth-order valence-corrected chi connectivity index (χ4v) is 1.50. The van der Waals surface area contributed by atoms with Crippen molar-refractivity contribution in [3.05, 3.63) is 23.6 Å². The van der Waals surface area contributed by atoms with Crippen LogP contribution in [0.2, 0.25) is 0 Å². The van der Waals surface area contributed by atoms with Gasteiger partial charge >= 0.3 is 0 Å². The van der Waals surface area contributed by atoms with Crippen LogP contribution in [0, 0.1) is 6.92 Å². The van der Waals surface area contributed by atoms with Crippen LogP contribution in [0.25, 0.3) is 5.70 Å². The quantitative estimate of drug-likeness (QED) is 0.473. The molecular formula is C12H18ClN3O. The molecular weight excluding hydrogens is 238 g/mol. The van der Waals surface area contributed by atoms with Gasteiger partial charge in [-0.25, -0.2) is 4.99 Å². The zero-order valence-electron chi connectivity index (χ0n) is 10.9. The van der Waals surface area contributed by atoms with E-state index in [4.69, 9.17) is 16.1 Å². The fourth-order valence-electron chi connectivity index (χ4n) is 1.40. The predicted molar refractivity (Wildman–Crippen MR) is 71.3 cm³/mol. The average molecular weight is 256 g/mol. The Balaban J connectivity index is 3.13. The summed E-state index contributed by atoms with van der Waals surface area (Å²) in [4.78, 5) is 5.95. The van der Waals surface area contributed by atoms with Gasteiger partial charge in [0.15, 0.2) is 5.29 Å². The molecule has 0 fully saturated rings. The average Bonchev–Trinajstić information content (AvgIpc) is 2.59. The Morgan fingerprint density at radius 2 is 2.06 bits per heavy atom. The highest BCUT2D eigenvalue weighted by Crippen LogP contribution is 2.28. The molecule has 0 aliphatic rings. The summed E-state index contributed by atoms with van der Waals surface area (Å²) in [5, 5.41) is 4.41. The van der Waals surface area contributed by atoms with Crippen molar-refractivity contribution < 1.29 is 4.52 Å². The molecule has 0 aromatic carbocycles. The second kappa shape index (κ2) is 5.36. The topological polar surface area (TPSA) is 41.6 Å². The molecule has 0 N–H and O–H groups in total. The standard InChI is InChI=1S/C12H18ClN3O/c1-7(2)11-10(9(4)17-15-11)8(3)14-12(13)16(5)6/h7H,3H2,1-2,4-6H3. The lowest BCUT2D eigenvalue weighted by molar-refractivity contribution is 0.387. The van der Waals surface area contributed by atoms with Crippen LogP contribution >= 0.6 is 11.6 Å². The zero-order chi connectivity index (χ0) is 13.2. The van der Waals surface area contributed by atoms with Gasteiger partial charge in [0.1, 0.15) is 5.76 Å². The smallest absolute Gasteiger partial charge is 0.198 e. The molecule has 1 aromatic heterocycles. The van der Waals surface area contributed by atoms with Gasteiger partial charge in [-0.1, -0.05) is 25.6 Å². The molecule has 0 amide bonds. The molecule has 0 saturated heterocycles.